The summed E-state index contributed by atoms with van der Waals surface area (Å²) in [5.41, 5.74) is 6.23. The molecule has 0 aliphatic rings. The van der Waals surface area contributed by atoms with Crippen LogP contribution in [0.25, 0.3) is 0 Å². The van der Waals surface area contributed by atoms with E-state index < -0.39 is 6.43 Å². The number of pyridine rings is 1. The van der Waals surface area contributed by atoms with Crippen molar-refractivity contribution in [3.05, 3.63) is 27.5 Å². The minimum atomic E-state index is -2.48. The molecule has 5 heteroatoms. The fraction of sp³-hybridized carbons (Fsp3) is 0.375. The standard InChI is InChI=1S/C8H9BrF2N2/c1-4-6(8(10)11)2-5(3-12)13-7(4)9/h2,8H,3,12H2,1H3. The molecule has 72 valence electrons. The van der Waals surface area contributed by atoms with Gasteiger partial charge in [-0.15, -0.1) is 0 Å². The molecular weight excluding hydrogens is 242 g/mol. The Kier molecular flexibility index (Phi) is 3.33. The van der Waals surface area contributed by atoms with Crippen LogP contribution in [0.2, 0.25) is 0 Å². The van der Waals surface area contributed by atoms with Crippen molar-refractivity contribution in [2.75, 3.05) is 0 Å². The highest BCUT2D eigenvalue weighted by Gasteiger charge is 2.14. The lowest BCUT2D eigenvalue weighted by Crippen LogP contribution is -2.03. The Labute approximate surface area is 83.3 Å². The molecule has 2 nitrogen and oxygen atoms in total. The van der Waals surface area contributed by atoms with Crippen LogP contribution in [-0.4, -0.2) is 4.98 Å². The summed E-state index contributed by atoms with van der Waals surface area (Å²) in [6.45, 7) is 1.76. The summed E-state index contributed by atoms with van der Waals surface area (Å²) >= 11 is 3.11. The second-order valence-corrected chi connectivity index (χ2v) is 3.37. The van der Waals surface area contributed by atoms with Crippen molar-refractivity contribution in [1.29, 1.82) is 0 Å². The van der Waals surface area contributed by atoms with Gasteiger partial charge in [0.1, 0.15) is 4.60 Å². The topological polar surface area (TPSA) is 38.9 Å². The predicted molar refractivity (Wildman–Crippen MR) is 49.5 cm³/mol. The first-order chi connectivity index (χ1) is 6.06. The molecule has 13 heavy (non-hydrogen) atoms. The molecule has 0 atom stereocenters. The molecule has 0 fully saturated rings. The zero-order valence-corrected chi connectivity index (χ0v) is 8.61. The first kappa shape index (κ1) is 10.5. The van der Waals surface area contributed by atoms with Crippen molar-refractivity contribution < 1.29 is 8.78 Å². The normalized spacial score (nSPS) is 10.9. The third kappa shape index (κ3) is 2.22. The summed E-state index contributed by atoms with van der Waals surface area (Å²) < 4.78 is 25.3. The number of nitrogens with zero attached hydrogens (tertiary/aromatic N) is 1. The highest BCUT2D eigenvalue weighted by molar-refractivity contribution is 9.10. The number of alkyl halides is 2. The summed E-state index contributed by atoms with van der Waals surface area (Å²) in [7, 11) is 0. The summed E-state index contributed by atoms with van der Waals surface area (Å²) in [6.07, 6.45) is -2.48. The molecule has 0 aliphatic heterocycles. The quantitative estimate of drug-likeness (QED) is 0.820. The van der Waals surface area contributed by atoms with Gasteiger partial charge in [0.2, 0.25) is 0 Å². The van der Waals surface area contributed by atoms with Gasteiger partial charge < -0.3 is 5.73 Å². The third-order valence-corrected chi connectivity index (χ3v) is 2.52. The van der Waals surface area contributed by atoms with E-state index in [4.69, 9.17) is 5.73 Å². The zero-order chi connectivity index (χ0) is 10.0. The van der Waals surface area contributed by atoms with Gasteiger partial charge in [-0.05, 0) is 34.5 Å². The van der Waals surface area contributed by atoms with Gasteiger partial charge in [0.05, 0.1) is 5.69 Å². The lowest BCUT2D eigenvalue weighted by atomic mass is 10.1. The van der Waals surface area contributed by atoms with E-state index in [2.05, 4.69) is 20.9 Å². The average Bonchev–Trinajstić information content (AvgIpc) is 2.09. The Morgan fingerprint density at radius 1 is 1.62 bits per heavy atom. The van der Waals surface area contributed by atoms with Crippen LogP contribution in [0.3, 0.4) is 0 Å². The number of halogens is 3. The number of hydrogen-bond acceptors (Lipinski definition) is 2. The molecule has 0 unspecified atom stereocenters. The van der Waals surface area contributed by atoms with Crippen LogP contribution in [-0.2, 0) is 6.54 Å². The van der Waals surface area contributed by atoms with Crippen molar-refractivity contribution in [3.8, 4) is 0 Å². The molecule has 1 rings (SSSR count). The molecule has 0 spiro atoms. The molecule has 1 aromatic rings. The molecule has 1 aromatic heterocycles. The molecule has 0 saturated carbocycles. The van der Waals surface area contributed by atoms with Crippen LogP contribution in [0.1, 0.15) is 23.2 Å². The van der Waals surface area contributed by atoms with E-state index in [1.165, 1.54) is 6.07 Å². The van der Waals surface area contributed by atoms with Crippen molar-refractivity contribution in [3.63, 3.8) is 0 Å². The number of nitrogens with two attached hydrogens (primary N) is 1. The maximum absolute atomic E-state index is 12.4. The summed E-state index contributed by atoms with van der Waals surface area (Å²) in [5.74, 6) is 0. The van der Waals surface area contributed by atoms with Gasteiger partial charge in [-0.2, -0.15) is 0 Å². The molecule has 0 amide bonds. The van der Waals surface area contributed by atoms with Crippen molar-refractivity contribution in [1.82, 2.24) is 4.98 Å². The summed E-state index contributed by atoms with van der Waals surface area (Å²) in [6, 6.07) is 1.34. The number of aromatic nitrogens is 1. The molecule has 0 radical (unpaired) electrons. The maximum Gasteiger partial charge on any atom is 0.264 e. The van der Waals surface area contributed by atoms with E-state index in [0.29, 0.717) is 15.9 Å². The molecule has 2 N–H and O–H groups in total. The third-order valence-electron chi connectivity index (χ3n) is 1.75. The van der Waals surface area contributed by atoms with Crippen molar-refractivity contribution in [2.24, 2.45) is 5.73 Å². The lowest BCUT2D eigenvalue weighted by Gasteiger charge is -2.08. The van der Waals surface area contributed by atoms with Gasteiger partial charge in [0.25, 0.3) is 6.43 Å². The van der Waals surface area contributed by atoms with Crippen LogP contribution in [0, 0.1) is 6.92 Å². The van der Waals surface area contributed by atoms with Crippen LogP contribution in [0.5, 0.6) is 0 Å². The van der Waals surface area contributed by atoms with Crippen LogP contribution in [0.4, 0.5) is 8.78 Å². The highest BCUT2D eigenvalue weighted by Crippen LogP contribution is 2.27. The number of rotatable bonds is 2. The maximum atomic E-state index is 12.4. The van der Waals surface area contributed by atoms with Crippen LogP contribution < -0.4 is 5.73 Å². The Morgan fingerprint density at radius 2 is 2.23 bits per heavy atom. The summed E-state index contributed by atoms with van der Waals surface area (Å²) in [5, 5.41) is 0. The van der Waals surface area contributed by atoms with Gasteiger partial charge in [-0.1, -0.05) is 0 Å². The fourth-order valence-electron chi connectivity index (χ4n) is 0.980. The molecular formula is C8H9BrF2N2. The first-order valence-corrected chi connectivity index (χ1v) is 4.49. The Hall–Kier alpha value is -0.550. The van der Waals surface area contributed by atoms with E-state index in [1.54, 1.807) is 6.92 Å². The second-order valence-electron chi connectivity index (χ2n) is 2.62. The van der Waals surface area contributed by atoms with Crippen LogP contribution in [0.15, 0.2) is 10.7 Å². The average molecular weight is 251 g/mol. The second kappa shape index (κ2) is 4.11. The lowest BCUT2D eigenvalue weighted by molar-refractivity contribution is 0.150. The smallest absolute Gasteiger partial charge is 0.264 e. The number of hydrogen-bond donors (Lipinski definition) is 1. The van der Waals surface area contributed by atoms with Gasteiger partial charge in [0, 0.05) is 12.1 Å². The van der Waals surface area contributed by atoms with Crippen molar-refractivity contribution in [2.45, 2.75) is 19.9 Å². The highest BCUT2D eigenvalue weighted by atomic mass is 79.9. The Balaban J connectivity index is 3.25. The van der Waals surface area contributed by atoms with E-state index in [1.807, 2.05) is 0 Å². The molecule has 0 aliphatic carbocycles. The van der Waals surface area contributed by atoms with Gasteiger partial charge in [-0.25, -0.2) is 13.8 Å². The Bertz CT molecular complexity index is 315. The van der Waals surface area contributed by atoms with Gasteiger partial charge in [-0.3, -0.25) is 0 Å². The summed E-state index contributed by atoms with van der Waals surface area (Å²) in [4.78, 5) is 3.99. The van der Waals surface area contributed by atoms with E-state index in [9.17, 15) is 8.78 Å². The minimum absolute atomic E-state index is 0.0117. The van der Waals surface area contributed by atoms with Crippen LogP contribution >= 0.6 is 15.9 Å². The monoisotopic (exact) mass is 250 g/mol. The van der Waals surface area contributed by atoms with Gasteiger partial charge >= 0.3 is 0 Å². The molecule has 0 saturated heterocycles. The van der Waals surface area contributed by atoms with E-state index in [0.717, 1.165) is 0 Å². The SMILES string of the molecule is Cc1c(C(F)F)cc(CN)nc1Br. The minimum Gasteiger partial charge on any atom is -0.325 e. The predicted octanol–water partition coefficient (Wildman–Crippen LogP) is 2.55. The van der Waals surface area contributed by atoms with Gasteiger partial charge in [0.15, 0.2) is 0 Å². The molecule has 0 aromatic carbocycles. The fourth-order valence-corrected chi connectivity index (χ4v) is 1.44. The molecule has 0 bridgehead atoms. The first-order valence-electron chi connectivity index (χ1n) is 3.70. The van der Waals surface area contributed by atoms with Crippen molar-refractivity contribution >= 4 is 15.9 Å². The van der Waals surface area contributed by atoms with E-state index in [-0.39, 0.29) is 12.1 Å². The largest absolute Gasteiger partial charge is 0.325 e. The van der Waals surface area contributed by atoms with E-state index >= 15 is 0 Å². The Morgan fingerprint density at radius 3 is 2.69 bits per heavy atom. The molecule has 1 heterocycles. The zero-order valence-electron chi connectivity index (χ0n) is 7.02.